The van der Waals surface area contributed by atoms with E-state index in [0.29, 0.717) is 12.0 Å². The minimum atomic E-state index is -0.529. The summed E-state index contributed by atoms with van der Waals surface area (Å²) in [5, 5.41) is 0.0270. The molecule has 2 fully saturated rings. The molecule has 2 aliphatic rings. The summed E-state index contributed by atoms with van der Waals surface area (Å²) >= 11 is 5.64. The number of nitrogens with zero attached hydrogens (tertiary/aromatic N) is 4. The molecule has 2 aliphatic heterocycles. The van der Waals surface area contributed by atoms with Gasteiger partial charge < -0.3 is 4.90 Å². The Hall–Kier alpha value is -1.07. The van der Waals surface area contributed by atoms with Gasteiger partial charge in [-0.25, -0.2) is 14.4 Å². The Morgan fingerprint density at radius 2 is 2.32 bits per heavy atom. The van der Waals surface area contributed by atoms with Crippen LogP contribution in [0, 0.1) is 11.7 Å². The van der Waals surface area contributed by atoms with Crippen molar-refractivity contribution < 1.29 is 4.39 Å². The van der Waals surface area contributed by atoms with E-state index < -0.39 is 5.82 Å². The van der Waals surface area contributed by atoms with E-state index in [9.17, 15) is 4.39 Å². The van der Waals surface area contributed by atoms with E-state index in [-0.39, 0.29) is 11.1 Å². The molecule has 0 aliphatic carbocycles. The summed E-state index contributed by atoms with van der Waals surface area (Å²) in [5.41, 5.74) is 0. The molecule has 0 N–H and O–H groups in total. The lowest BCUT2D eigenvalue weighted by Gasteiger charge is -2.33. The zero-order valence-corrected chi connectivity index (χ0v) is 11.4. The summed E-state index contributed by atoms with van der Waals surface area (Å²) < 4.78 is 13.4. The summed E-state index contributed by atoms with van der Waals surface area (Å²) in [6.07, 6.45) is 7.66. The van der Waals surface area contributed by atoms with Gasteiger partial charge in [-0.3, -0.25) is 0 Å². The van der Waals surface area contributed by atoms with E-state index in [0.717, 1.165) is 25.6 Å². The molecule has 2 unspecified atom stereocenters. The fourth-order valence-electron chi connectivity index (χ4n) is 2.99. The van der Waals surface area contributed by atoms with Crippen molar-refractivity contribution in [1.29, 1.82) is 0 Å². The highest BCUT2D eigenvalue weighted by molar-refractivity contribution is 6.28. The van der Waals surface area contributed by atoms with E-state index in [1.807, 2.05) is 6.21 Å². The van der Waals surface area contributed by atoms with Crippen molar-refractivity contribution in [3.05, 3.63) is 17.3 Å². The van der Waals surface area contributed by atoms with Crippen molar-refractivity contribution in [2.75, 3.05) is 13.1 Å². The molecule has 3 rings (SSSR count). The van der Waals surface area contributed by atoms with Gasteiger partial charge in [-0.2, -0.15) is 4.98 Å². The molecule has 19 heavy (non-hydrogen) atoms. The van der Waals surface area contributed by atoms with E-state index >= 15 is 0 Å². The quantitative estimate of drug-likeness (QED) is 0.619. The smallest absolute Gasteiger partial charge is 0.224 e. The van der Waals surface area contributed by atoms with Crippen LogP contribution in [0.25, 0.3) is 0 Å². The largest absolute Gasteiger partial charge is 0.300 e. The van der Waals surface area contributed by atoms with Gasteiger partial charge in [0.15, 0.2) is 11.6 Å². The Balaban J connectivity index is 1.67. The predicted molar refractivity (Wildman–Crippen MR) is 72.5 cm³/mol. The molecule has 0 amide bonds. The fraction of sp³-hybridized carbons (Fsp3) is 0.615. The highest BCUT2D eigenvalue weighted by Crippen LogP contribution is 2.29. The molecule has 102 valence electrons. The standard InChI is InChI=1S/C13H16ClFN4/c14-13-17-8-11(15)12(18-13)16-7-9-3-5-19-4-1-2-10(19)6-9/h7-10H,1-6H2. The lowest BCUT2D eigenvalue weighted by molar-refractivity contribution is 0.179. The van der Waals surface area contributed by atoms with Crippen molar-refractivity contribution in [2.24, 2.45) is 10.9 Å². The van der Waals surface area contributed by atoms with Crippen LogP contribution in [0.1, 0.15) is 25.7 Å². The zero-order chi connectivity index (χ0) is 13.2. The molecule has 0 saturated carbocycles. The second-order valence-electron chi connectivity index (χ2n) is 5.21. The molecule has 4 nitrogen and oxygen atoms in total. The topological polar surface area (TPSA) is 41.4 Å². The highest BCUT2D eigenvalue weighted by Gasteiger charge is 2.30. The minimum absolute atomic E-state index is 0.0270. The van der Waals surface area contributed by atoms with Gasteiger partial charge in [-0.15, -0.1) is 0 Å². The van der Waals surface area contributed by atoms with Crippen molar-refractivity contribution in [3.8, 4) is 0 Å². The number of piperidine rings is 1. The average Bonchev–Trinajstić information content (AvgIpc) is 2.87. The Kier molecular flexibility index (Phi) is 3.75. The molecular formula is C13H16ClFN4. The SMILES string of the molecule is Fc1cnc(Cl)nc1N=CC1CCN2CCCC2C1. The van der Waals surface area contributed by atoms with Gasteiger partial charge in [0.05, 0.1) is 6.20 Å². The van der Waals surface area contributed by atoms with Gasteiger partial charge in [0, 0.05) is 12.3 Å². The normalized spacial score (nSPS) is 27.9. The third-order valence-corrected chi connectivity index (χ3v) is 4.15. The number of halogens is 2. The van der Waals surface area contributed by atoms with Gasteiger partial charge in [0.2, 0.25) is 5.28 Å². The summed E-state index contributed by atoms with van der Waals surface area (Å²) in [6, 6.07) is 0.684. The minimum Gasteiger partial charge on any atom is -0.300 e. The van der Waals surface area contributed by atoms with Gasteiger partial charge in [-0.05, 0) is 56.3 Å². The van der Waals surface area contributed by atoms with Crippen LogP contribution in [0.15, 0.2) is 11.2 Å². The van der Waals surface area contributed by atoms with Crippen LogP contribution in [0.3, 0.4) is 0 Å². The molecular weight excluding hydrogens is 267 g/mol. The molecule has 0 aromatic carbocycles. The van der Waals surface area contributed by atoms with Crippen LogP contribution in [-0.2, 0) is 0 Å². The zero-order valence-electron chi connectivity index (χ0n) is 10.6. The molecule has 1 aromatic heterocycles. The fourth-order valence-corrected chi connectivity index (χ4v) is 3.12. The molecule has 0 radical (unpaired) electrons. The van der Waals surface area contributed by atoms with Crippen molar-refractivity contribution in [2.45, 2.75) is 31.7 Å². The first kappa shape index (κ1) is 12.9. The second-order valence-corrected chi connectivity index (χ2v) is 5.54. The number of aromatic nitrogens is 2. The molecule has 6 heteroatoms. The summed E-state index contributed by atoms with van der Waals surface area (Å²) in [6.45, 7) is 2.35. The van der Waals surface area contributed by atoms with Crippen molar-refractivity contribution in [1.82, 2.24) is 14.9 Å². The van der Waals surface area contributed by atoms with Gasteiger partial charge >= 0.3 is 0 Å². The molecule has 1 aromatic rings. The second kappa shape index (κ2) is 5.51. The van der Waals surface area contributed by atoms with Crippen LogP contribution in [0.2, 0.25) is 5.28 Å². The maximum atomic E-state index is 13.4. The summed E-state index contributed by atoms with van der Waals surface area (Å²) in [5.74, 6) is -0.0831. The Bertz CT molecular complexity index is 494. The number of aliphatic imine (C=N–C) groups is 1. The van der Waals surface area contributed by atoms with Crippen molar-refractivity contribution >= 4 is 23.6 Å². The molecule has 0 bridgehead atoms. The number of rotatable bonds is 2. The van der Waals surface area contributed by atoms with Crippen LogP contribution in [-0.4, -0.2) is 40.2 Å². The maximum absolute atomic E-state index is 13.4. The Morgan fingerprint density at radius 1 is 1.42 bits per heavy atom. The van der Waals surface area contributed by atoms with Gasteiger partial charge in [0.25, 0.3) is 0 Å². The third kappa shape index (κ3) is 2.92. The number of hydrogen-bond donors (Lipinski definition) is 0. The summed E-state index contributed by atoms with van der Waals surface area (Å²) in [7, 11) is 0. The Labute approximate surface area is 116 Å². The number of fused-ring (bicyclic) bond motifs is 1. The lowest BCUT2D eigenvalue weighted by atomic mass is 9.92. The summed E-state index contributed by atoms with van der Waals surface area (Å²) in [4.78, 5) is 14.1. The van der Waals surface area contributed by atoms with Crippen LogP contribution in [0.4, 0.5) is 10.2 Å². The first-order chi connectivity index (χ1) is 9.22. The van der Waals surface area contributed by atoms with Gasteiger partial charge in [0.1, 0.15) is 0 Å². The number of hydrogen-bond acceptors (Lipinski definition) is 4. The van der Waals surface area contributed by atoms with E-state index in [1.165, 1.54) is 19.4 Å². The monoisotopic (exact) mass is 282 g/mol. The van der Waals surface area contributed by atoms with Crippen LogP contribution >= 0.6 is 11.6 Å². The van der Waals surface area contributed by atoms with E-state index in [4.69, 9.17) is 11.6 Å². The first-order valence-electron chi connectivity index (χ1n) is 6.68. The maximum Gasteiger partial charge on any atom is 0.224 e. The average molecular weight is 283 g/mol. The van der Waals surface area contributed by atoms with Crippen LogP contribution < -0.4 is 0 Å². The lowest BCUT2D eigenvalue weighted by Crippen LogP contribution is -2.38. The third-order valence-electron chi connectivity index (χ3n) is 3.96. The predicted octanol–water partition coefficient (Wildman–Crippen LogP) is 2.85. The molecule has 3 heterocycles. The molecule has 0 spiro atoms. The van der Waals surface area contributed by atoms with Gasteiger partial charge in [-0.1, -0.05) is 0 Å². The van der Waals surface area contributed by atoms with Crippen molar-refractivity contribution in [3.63, 3.8) is 0 Å². The van der Waals surface area contributed by atoms with E-state index in [1.54, 1.807) is 0 Å². The molecule has 2 saturated heterocycles. The highest BCUT2D eigenvalue weighted by atomic mass is 35.5. The van der Waals surface area contributed by atoms with Crippen LogP contribution in [0.5, 0.6) is 0 Å². The first-order valence-corrected chi connectivity index (χ1v) is 7.06. The molecule has 2 atom stereocenters. The Morgan fingerprint density at radius 3 is 3.21 bits per heavy atom. The van der Waals surface area contributed by atoms with E-state index in [2.05, 4.69) is 19.9 Å².